The number of carbonyl (C=O) groups excluding carboxylic acids is 1. The molecule has 0 spiro atoms. The smallest absolute Gasteiger partial charge is 0.266 e. The number of benzene rings is 2. The number of carbonyl (C=O) groups is 1. The van der Waals surface area contributed by atoms with E-state index in [-0.39, 0.29) is 5.91 Å². The van der Waals surface area contributed by atoms with Crippen molar-refractivity contribution in [2.45, 2.75) is 12.8 Å². The Labute approximate surface area is 153 Å². The molecule has 3 aromatic rings. The van der Waals surface area contributed by atoms with Gasteiger partial charge < -0.3 is 0 Å². The van der Waals surface area contributed by atoms with Gasteiger partial charge in [-0.3, -0.25) is 4.79 Å². The molecule has 130 valence electrons. The summed E-state index contributed by atoms with van der Waals surface area (Å²) in [6.07, 6.45) is 3.16. The minimum atomic E-state index is -0.954. The number of rotatable bonds is 3. The fourth-order valence-electron chi connectivity index (χ4n) is 3.00. The predicted molar refractivity (Wildman–Crippen MR) is 98.6 cm³/mol. The average molecular weight is 368 g/mol. The minimum Gasteiger partial charge on any atom is -0.266 e. The lowest BCUT2D eigenvalue weighted by molar-refractivity contribution is 0.0959. The van der Waals surface area contributed by atoms with Crippen molar-refractivity contribution in [3.63, 3.8) is 0 Å². The van der Waals surface area contributed by atoms with Crippen LogP contribution >= 0.6 is 11.3 Å². The van der Waals surface area contributed by atoms with E-state index in [1.807, 2.05) is 18.2 Å². The summed E-state index contributed by atoms with van der Waals surface area (Å²) in [5.41, 5.74) is 6.45. The Morgan fingerprint density at radius 3 is 2.69 bits per heavy atom. The number of amides is 1. The first kappa shape index (κ1) is 16.6. The lowest BCUT2D eigenvalue weighted by Crippen LogP contribution is -2.16. The van der Waals surface area contributed by atoms with Crippen molar-refractivity contribution in [1.29, 1.82) is 0 Å². The van der Waals surface area contributed by atoms with Crippen molar-refractivity contribution in [2.75, 3.05) is 0 Å². The molecule has 1 N–H and O–H groups in total. The number of aryl methyl sites for hydroxylation is 2. The fourth-order valence-corrected chi connectivity index (χ4v) is 4.16. The Balaban J connectivity index is 1.51. The summed E-state index contributed by atoms with van der Waals surface area (Å²) in [6.45, 7) is 0. The van der Waals surface area contributed by atoms with E-state index in [0.717, 1.165) is 29.9 Å². The molecule has 0 atom stereocenters. The third kappa shape index (κ3) is 3.15. The number of nitrogens with one attached hydrogen (secondary N) is 1. The summed E-state index contributed by atoms with van der Waals surface area (Å²) in [7, 11) is 0. The molecule has 3 nitrogen and oxygen atoms in total. The number of hydrazone groups is 1. The zero-order valence-corrected chi connectivity index (χ0v) is 14.4. The van der Waals surface area contributed by atoms with Gasteiger partial charge in [0.25, 0.3) is 5.91 Å². The lowest BCUT2D eigenvalue weighted by atomic mass is 9.91. The van der Waals surface area contributed by atoms with Crippen LogP contribution in [0.2, 0.25) is 0 Å². The van der Waals surface area contributed by atoms with Gasteiger partial charge in [-0.15, -0.1) is 11.3 Å². The number of fused-ring (bicyclic) bond motifs is 3. The van der Waals surface area contributed by atoms with E-state index in [4.69, 9.17) is 0 Å². The maximum atomic E-state index is 13.2. The molecule has 0 saturated heterocycles. The maximum absolute atomic E-state index is 13.2. The highest BCUT2D eigenvalue weighted by Gasteiger charge is 2.21. The summed E-state index contributed by atoms with van der Waals surface area (Å²) >= 11 is 1.44. The van der Waals surface area contributed by atoms with Crippen LogP contribution in [0.4, 0.5) is 8.78 Å². The second-order valence-corrected chi connectivity index (χ2v) is 7.05. The molecule has 0 fully saturated rings. The van der Waals surface area contributed by atoms with Crippen LogP contribution in [-0.2, 0) is 12.8 Å². The van der Waals surface area contributed by atoms with Crippen molar-refractivity contribution in [3.8, 4) is 10.4 Å². The molecule has 6 heteroatoms. The second-order valence-electron chi connectivity index (χ2n) is 5.99. The first-order valence-electron chi connectivity index (χ1n) is 8.11. The Kier molecular flexibility index (Phi) is 4.34. The molecule has 0 aliphatic heterocycles. The molecule has 0 bridgehead atoms. The van der Waals surface area contributed by atoms with Gasteiger partial charge in [-0.05, 0) is 53.3 Å². The standard InChI is InChI=1S/C20H14F2N2OS/c21-16-8-5-12(9-17(16)22)11-23-24-20(25)18-10-14-7-6-13-3-1-2-4-15(13)19(14)26-18/h1-5,8-11H,6-7H2,(H,24,25). The van der Waals surface area contributed by atoms with Gasteiger partial charge in [-0.1, -0.05) is 30.3 Å². The Hall–Kier alpha value is -2.86. The van der Waals surface area contributed by atoms with Gasteiger partial charge in [0, 0.05) is 4.88 Å². The van der Waals surface area contributed by atoms with Crippen LogP contribution in [0.5, 0.6) is 0 Å². The van der Waals surface area contributed by atoms with Crippen molar-refractivity contribution < 1.29 is 13.6 Å². The Morgan fingerprint density at radius 1 is 1.04 bits per heavy atom. The zero-order valence-electron chi connectivity index (χ0n) is 13.6. The topological polar surface area (TPSA) is 41.5 Å². The molecule has 1 aliphatic rings. The summed E-state index contributed by atoms with van der Waals surface area (Å²) in [5, 5.41) is 3.83. The van der Waals surface area contributed by atoms with Gasteiger partial charge in [0.2, 0.25) is 0 Å². The van der Waals surface area contributed by atoms with Gasteiger partial charge in [-0.2, -0.15) is 5.10 Å². The van der Waals surface area contributed by atoms with Crippen LogP contribution in [0.15, 0.2) is 53.6 Å². The molecule has 0 saturated carbocycles. The van der Waals surface area contributed by atoms with Gasteiger partial charge in [0.15, 0.2) is 11.6 Å². The first-order valence-corrected chi connectivity index (χ1v) is 8.93. The highest BCUT2D eigenvalue weighted by molar-refractivity contribution is 7.17. The van der Waals surface area contributed by atoms with Crippen LogP contribution in [0.3, 0.4) is 0 Å². The van der Waals surface area contributed by atoms with Gasteiger partial charge in [0.05, 0.1) is 11.1 Å². The molecule has 26 heavy (non-hydrogen) atoms. The Morgan fingerprint density at radius 2 is 1.85 bits per heavy atom. The highest BCUT2D eigenvalue weighted by atomic mass is 32.1. The van der Waals surface area contributed by atoms with Gasteiger partial charge in [0.1, 0.15) is 0 Å². The van der Waals surface area contributed by atoms with Crippen molar-refractivity contribution >= 4 is 23.5 Å². The van der Waals surface area contributed by atoms with Crippen molar-refractivity contribution in [2.24, 2.45) is 5.10 Å². The van der Waals surface area contributed by atoms with E-state index >= 15 is 0 Å². The molecule has 0 unspecified atom stereocenters. The SMILES string of the molecule is O=C(NN=Cc1ccc(F)c(F)c1)c1cc2c(s1)-c1ccccc1CC2. The first-order chi connectivity index (χ1) is 12.6. The summed E-state index contributed by atoms with van der Waals surface area (Å²) in [4.78, 5) is 14.0. The third-order valence-corrected chi connectivity index (χ3v) is 5.49. The quantitative estimate of drug-likeness (QED) is 0.535. The number of hydrogen-bond acceptors (Lipinski definition) is 3. The lowest BCUT2D eigenvalue weighted by Gasteiger charge is -2.15. The number of nitrogens with zero attached hydrogens (tertiary/aromatic N) is 1. The monoisotopic (exact) mass is 368 g/mol. The van der Waals surface area contributed by atoms with E-state index in [1.165, 1.54) is 40.3 Å². The summed E-state index contributed by atoms with van der Waals surface area (Å²) in [5.74, 6) is -2.19. The third-order valence-electron chi connectivity index (χ3n) is 4.28. The molecule has 1 aliphatic carbocycles. The molecule has 0 radical (unpaired) electrons. The van der Waals surface area contributed by atoms with E-state index < -0.39 is 11.6 Å². The van der Waals surface area contributed by atoms with Gasteiger partial charge in [-0.25, -0.2) is 14.2 Å². The minimum absolute atomic E-state index is 0.319. The van der Waals surface area contributed by atoms with Gasteiger partial charge >= 0.3 is 0 Å². The van der Waals surface area contributed by atoms with Crippen molar-refractivity contribution in [1.82, 2.24) is 5.43 Å². The Bertz CT molecular complexity index is 1030. The largest absolute Gasteiger partial charge is 0.281 e. The molecule has 1 amide bonds. The number of halogens is 2. The normalized spacial score (nSPS) is 12.7. The number of thiophene rings is 1. The number of hydrogen-bond donors (Lipinski definition) is 1. The summed E-state index contributed by atoms with van der Waals surface area (Å²) in [6, 6.07) is 13.5. The zero-order chi connectivity index (χ0) is 18.1. The maximum Gasteiger partial charge on any atom is 0.281 e. The van der Waals surface area contributed by atoms with E-state index in [2.05, 4.69) is 22.7 Å². The van der Waals surface area contributed by atoms with Crippen LogP contribution in [0.25, 0.3) is 10.4 Å². The molecular weight excluding hydrogens is 354 g/mol. The van der Waals surface area contributed by atoms with Crippen LogP contribution in [-0.4, -0.2) is 12.1 Å². The summed E-state index contributed by atoms with van der Waals surface area (Å²) < 4.78 is 26.1. The van der Waals surface area contributed by atoms with Crippen LogP contribution in [0, 0.1) is 11.6 Å². The average Bonchev–Trinajstić information content (AvgIpc) is 3.09. The highest BCUT2D eigenvalue weighted by Crippen LogP contribution is 2.39. The molecule has 1 heterocycles. The fraction of sp³-hybridized carbons (Fsp3) is 0.100. The van der Waals surface area contributed by atoms with E-state index in [1.54, 1.807) is 0 Å². The van der Waals surface area contributed by atoms with Crippen molar-refractivity contribution in [3.05, 3.63) is 81.7 Å². The molecular formula is C20H14F2N2OS. The molecule has 1 aromatic heterocycles. The predicted octanol–water partition coefficient (Wildman–Crippen LogP) is 4.56. The van der Waals surface area contributed by atoms with E-state index in [9.17, 15) is 13.6 Å². The molecule has 2 aromatic carbocycles. The second kappa shape index (κ2) is 6.80. The molecule has 4 rings (SSSR count). The van der Waals surface area contributed by atoms with Crippen LogP contribution in [0.1, 0.15) is 26.4 Å². The van der Waals surface area contributed by atoms with Crippen LogP contribution < -0.4 is 5.43 Å². The van der Waals surface area contributed by atoms with E-state index in [0.29, 0.717) is 10.4 Å².